The summed E-state index contributed by atoms with van der Waals surface area (Å²) >= 11 is 0. The fourth-order valence-electron chi connectivity index (χ4n) is 0.290. The molecule has 0 saturated carbocycles. The van der Waals surface area contributed by atoms with Crippen LogP contribution >= 0.6 is 0 Å². The number of nitrogens with two attached hydrogens (primary N) is 1. The fourth-order valence-corrected chi connectivity index (χ4v) is 0.290. The van der Waals surface area contributed by atoms with Gasteiger partial charge >= 0.3 is 0 Å². The molecule has 1 nitrogen and oxygen atoms in total. The smallest absolute Gasteiger partial charge is 0.241 e. The summed E-state index contributed by atoms with van der Waals surface area (Å²) in [4.78, 5) is 0. The van der Waals surface area contributed by atoms with E-state index < -0.39 is 19.0 Å². The van der Waals surface area contributed by atoms with Crippen LogP contribution in [0.15, 0.2) is 0 Å². The first-order valence-corrected chi connectivity index (χ1v) is 2.29. The van der Waals surface area contributed by atoms with Crippen LogP contribution in [0.3, 0.4) is 0 Å². The van der Waals surface area contributed by atoms with E-state index in [2.05, 4.69) is 0 Å². The Kier molecular flexibility index (Phi) is 3.60. The molecule has 1 atom stereocenters. The molecule has 8 heavy (non-hydrogen) atoms. The maximum atomic E-state index is 11.8. The summed E-state index contributed by atoms with van der Waals surface area (Å²) in [6, 6.07) is 0. The first-order chi connectivity index (χ1) is 3.66. The van der Waals surface area contributed by atoms with Gasteiger partial charge in [0.15, 0.2) is 0 Å². The zero-order valence-electron chi connectivity index (χ0n) is 4.28. The van der Waals surface area contributed by atoms with E-state index in [0.717, 1.165) is 0 Å². The molecule has 0 aromatic rings. The lowest BCUT2D eigenvalue weighted by atomic mass is 10.3. The molecule has 0 aliphatic heterocycles. The maximum Gasteiger partial charge on any atom is 0.241 e. The van der Waals surface area contributed by atoms with E-state index >= 15 is 0 Å². The number of alkyl halides is 3. The third kappa shape index (κ3) is 3.92. The highest BCUT2D eigenvalue weighted by Gasteiger charge is 2.10. The molecular weight excluding hydrogens is 119 g/mol. The van der Waals surface area contributed by atoms with Crippen LogP contribution in [-0.2, 0) is 0 Å². The summed E-state index contributed by atoms with van der Waals surface area (Å²) in [6.45, 7) is -0.315. The van der Waals surface area contributed by atoms with Gasteiger partial charge in [-0.15, -0.1) is 0 Å². The molecule has 0 aromatic heterocycles. The lowest BCUT2D eigenvalue weighted by Crippen LogP contribution is -2.17. The van der Waals surface area contributed by atoms with Crippen LogP contribution in [0.4, 0.5) is 13.2 Å². The second kappa shape index (κ2) is 3.72. The summed E-state index contributed by atoms with van der Waals surface area (Å²) in [5.74, 6) is 0. The van der Waals surface area contributed by atoms with Gasteiger partial charge in [-0.3, -0.25) is 0 Å². The average Bonchev–Trinajstić information content (AvgIpc) is 1.65. The van der Waals surface area contributed by atoms with Crippen LogP contribution in [0.25, 0.3) is 0 Å². The molecule has 0 bridgehead atoms. The summed E-state index contributed by atoms with van der Waals surface area (Å²) in [6.07, 6.45) is -4.86. The molecule has 0 amide bonds. The van der Waals surface area contributed by atoms with Crippen LogP contribution < -0.4 is 5.73 Å². The Hall–Kier alpha value is -0.250. The molecule has 1 unspecified atom stereocenters. The van der Waals surface area contributed by atoms with Gasteiger partial charge in [-0.25, -0.2) is 13.2 Å². The van der Waals surface area contributed by atoms with Crippen molar-refractivity contribution >= 4 is 0 Å². The van der Waals surface area contributed by atoms with Crippen molar-refractivity contribution in [1.29, 1.82) is 0 Å². The van der Waals surface area contributed by atoms with Gasteiger partial charge in [-0.2, -0.15) is 0 Å². The Labute approximate surface area is 45.7 Å². The van der Waals surface area contributed by atoms with Crippen molar-refractivity contribution in [3.63, 3.8) is 0 Å². The number of halogens is 3. The lowest BCUT2D eigenvalue weighted by molar-refractivity contribution is 0.103. The highest BCUT2D eigenvalue weighted by molar-refractivity contribution is 4.56. The minimum Gasteiger partial charge on any atom is -0.328 e. The van der Waals surface area contributed by atoms with Gasteiger partial charge < -0.3 is 5.73 Å². The number of hydrogen-bond donors (Lipinski definition) is 1. The van der Waals surface area contributed by atoms with Crippen LogP contribution in [0, 0.1) is 0 Å². The van der Waals surface area contributed by atoms with E-state index in [1.165, 1.54) is 0 Å². The molecule has 0 heterocycles. The molecule has 0 fully saturated rings. The van der Waals surface area contributed by atoms with E-state index in [1.54, 1.807) is 0 Å². The summed E-state index contributed by atoms with van der Waals surface area (Å²) in [5, 5.41) is 0. The standard InChI is InChI=1S/C4H8F3N/c5-3(2-8)1-4(6)7/h3-4H,1-2,8H2. The van der Waals surface area contributed by atoms with E-state index in [1.807, 2.05) is 0 Å². The minimum absolute atomic E-state index is 0.315. The normalized spacial score (nSPS) is 14.6. The monoisotopic (exact) mass is 127 g/mol. The predicted molar refractivity (Wildman–Crippen MR) is 24.6 cm³/mol. The molecule has 0 aliphatic carbocycles. The Bertz CT molecular complexity index is 57.2. The van der Waals surface area contributed by atoms with Crippen molar-refractivity contribution in [2.75, 3.05) is 6.54 Å². The predicted octanol–water partition coefficient (Wildman–Crippen LogP) is 0.938. The third-order valence-corrected chi connectivity index (χ3v) is 0.690. The molecule has 50 valence electrons. The van der Waals surface area contributed by atoms with Gasteiger partial charge in [0, 0.05) is 13.0 Å². The van der Waals surface area contributed by atoms with Crippen LogP contribution in [-0.4, -0.2) is 19.1 Å². The van der Waals surface area contributed by atoms with Gasteiger partial charge in [0.25, 0.3) is 0 Å². The van der Waals surface area contributed by atoms with Crippen molar-refractivity contribution in [1.82, 2.24) is 0 Å². The second-order valence-corrected chi connectivity index (χ2v) is 1.46. The molecular formula is C4H8F3N. The van der Waals surface area contributed by atoms with Crippen molar-refractivity contribution < 1.29 is 13.2 Å². The second-order valence-electron chi connectivity index (χ2n) is 1.46. The van der Waals surface area contributed by atoms with E-state index in [0.29, 0.717) is 0 Å². The first kappa shape index (κ1) is 7.75. The largest absolute Gasteiger partial charge is 0.328 e. The van der Waals surface area contributed by atoms with E-state index in [9.17, 15) is 13.2 Å². The SMILES string of the molecule is NCC(F)CC(F)F. The molecule has 4 heteroatoms. The van der Waals surface area contributed by atoms with Crippen LogP contribution in [0.2, 0.25) is 0 Å². The van der Waals surface area contributed by atoms with Crippen molar-refractivity contribution in [2.45, 2.75) is 19.0 Å². The molecule has 0 rings (SSSR count). The molecule has 0 saturated heterocycles. The summed E-state index contributed by atoms with van der Waals surface area (Å²) < 4.78 is 34.1. The Morgan fingerprint density at radius 2 is 1.75 bits per heavy atom. The molecule has 0 spiro atoms. The molecule has 2 N–H and O–H groups in total. The number of hydrogen-bond acceptors (Lipinski definition) is 1. The van der Waals surface area contributed by atoms with Gasteiger partial charge in [0.05, 0.1) is 0 Å². The summed E-state index contributed by atoms with van der Waals surface area (Å²) in [5.41, 5.74) is 4.71. The average molecular weight is 127 g/mol. The number of rotatable bonds is 3. The lowest BCUT2D eigenvalue weighted by Gasteiger charge is -2.00. The van der Waals surface area contributed by atoms with Crippen molar-refractivity contribution in [3.05, 3.63) is 0 Å². The topological polar surface area (TPSA) is 26.0 Å². The fraction of sp³-hybridized carbons (Fsp3) is 1.00. The maximum absolute atomic E-state index is 11.8. The van der Waals surface area contributed by atoms with Crippen molar-refractivity contribution in [2.24, 2.45) is 5.73 Å². The highest BCUT2D eigenvalue weighted by atomic mass is 19.3. The van der Waals surface area contributed by atoms with Gasteiger partial charge in [-0.05, 0) is 0 Å². The third-order valence-electron chi connectivity index (χ3n) is 0.690. The van der Waals surface area contributed by atoms with E-state index in [-0.39, 0.29) is 6.54 Å². The molecule has 0 radical (unpaired) electrons. The Morgan fingerprint density at radius 1 is 1.25 bits per heavy atom. The van der Waals surface area contributed by atoms with Gasteiger partial charge in [0.2, 0.25) is 6.43 Å². The highest BCUT2D eigenvalue weighted by Crippen LogP contribution is 2.04. The van der Waals surface area contributed by atoms with Crippen LogP contribution in [0.1, 0.15) is 6.42 Å². The van der Waals surface area contributed by atoms with Crippen molar-refractivity contribution in [3.8, 4) is 0 Å². The Morgan fingerprint density at radius 3 is 1.88 bits per heavy atom. The van der Waals surface area contributed by atoms with E-state index in [4.69, 9.17) is 5.73 Å². The minimum atomic E-state index is -2.58. The molecule has 0 aromatic carbocycles. The Balaban J connectivity index is 3.10. The zero-order valence-corrected chi connectivity index (χ0v) is 4.28. The summed E-state index contributed by atoms with van der Waals surface area (Å²) in [7, 11) is 0. The van der Waals surface area contributed by atoms with Gasteiger partial charge in [0.1, 0.15) is 6.17 Å². The molecule has 0 aliphatic rings. The quantitative estimate of drug-likeness (QED) is 0.599. The van der Waals surface area contributed by atoms with Gasteiger partial charge in [-0.1, -0.05) is 0 Å². The van der Waals surface area contributed by atoms with Crippen LogP contribution in [0.5, 0.6) is 0 Å². The first-order valence-electron chi connectivity index (χ1n) is 2.29. The zero-order chi connectivity index (χ0) is 6.57.